The Labute approximate surface area is 150 Å². The Morgan fingerprint density at radius 1 is 1.20 bits per heavy atom. The van der Waals surface area contributed by atoms with E-state index in [2.05, 4.69) is 31.6 Å². The molecule has 0 bridgehead atoms. The van der Waals surface area contributed by atoms with Gasteiger partial charge in [-0.05, 0) is 19.2 Å². The van der Waals surface area contributed by atoms with E-state index < -0.39 is 10.0 Å². The van der Waals surface area contributed by atoms with Gasteiger partial charge in [-0.2, -0.15) is 0 Å². The summed E-state index contributed by atoms with van der Waals surface area (Å²) in [4.78, 5) is 0.0272. The standard InChI is InChI=1S/C19H24N2O3S/c1-7-11-15(9-3)18-19(24-6)16(13-20-5)14-21(18)25(22,23)17(10-4)12-8-2/h7-12,14,20H,1-4,13H2,5-6H3/b15-11+,17-12+. The van der Waals surface area contributed by atoms with Crippen LogP contribution in [0.3, 0.4) is 0 Å². The van der Waals surface area contributed by atoms with Crippen LogP contribution in [0.5, 0.6) is 5.75 Å². The molecule has 1 rings (SSSR count). The highest BCUT2D eigenvalue weighted by molar-refractivity contribution is 7.94. The van der Waals surface area contributed by atoms with Crippen LogP contribution in [0.15, 0.2) is 73.9 Å². The van der Waals surface area contributed by atoms with Crippen LogP contribution in [0, 0.1) is 0 Å². The quantitative estimate of drug-likeness (QED) is 0.650. The zero-order valence-corrected chi connectivity index (χ0v) is 15.5. The number of allylic oxidation sites excluding steroid dienone is 7. The smallest absolute Gasteiger partial charge is 0.268 e. The van der Waals surface area contributed by atoms with Gasteiger partial charge < -0.3 is 10.1 Å². The first-order valence-corrected chi connectivity index (χ1v) is 8.95. The van der Waals surface area contributed by atoms with Crippen molar-refractivity contribution in [2.45, 2.75) is 6.54 Å². The SMILES string of the molecule is C=C/C=C(\C=C)c1c(OC)c(CNC)cn1S(=O)(=O)/C(C=C)=C/C=C. The summed E-state index contributed by atoms with van der Waals surface area (Å²) in [6.07, 6.45) is 10.4. The average Bonchev–Trinajstić information content (AvgIpc) is 2.96. The Bertz CT molecular complexity index is 840. The molecular weight excluding hydrogens is 336 g/mol. The van der Waals surface area contributed by atoms with Crippen LogP contribution in [0.2, 0.25) is 0 Å². The third-order valence-electron chi connectivity index (χ3n) is 3.40. The second-order valence-electron chi connectivity index (χ2n) is 4.94. The lowest BCUT2D eigenvalue weighted by Crippen LogP contribution is -2.15. The Morgan fingerprint density at radius 2 is 1.84 bits per heavy atom. The van der Waals surface area contributed by atoms with E-state index in [-0.39, 0.29) is 4.91 Å². The van der Waals surface area contributed by atoms with Gasteiger partial charge in [0, 0.05) is 23.9 Å². The lowest BCUT2D eigenvalue weighted by molar-refractivity contribution is 0.408. The number of rotatable bonds is 10. The van der Waals surface area contributed by atoms with Crippen molar-refractivity contribution in [1.29, 1.82) is 0 Å². The number of hydrogen-bond acceptors (Lipinski definition) is 4. The van der Waals surface area contributed by atoms with Gasteiger partial charge in [0.25, 0.3) is 10.0 Å². The van der Waals surface area contributed by atoms with Crippen molar-refractivity contribution in [1.82, 2.24) is 9.29 Å². The van der Waals surface area contributed by atoms with Crippen molar-refractivity contribution >= 4 is 15.6 Å². The minimum atomic E-state index is -3.89. The van der Waals surface area contributed by atoms with Gasteiger partial charge in [-0.1, -0.05) is 50.6 Å². The van der Waals surface area contributed by atoms with Gasteiger partial charge >= 0.3 is 0 Å². The summed E-state index contributed by atoms with van der Waals surface area (Å²) in [5, 5.41) is 3.00. The second kappa shape index (κ2) is 9.05. The zero-order chi connectivity index (χ0) is 19.0. The first-order valence-electron chi connectivity index (χ1n) is 7.51. The molecule has 0 atom stereocenters. The summed E-state index contributed by atoms with van der Waals surface area (Å²) < 4.78 is 32.9. The molecule has 0 aliphatic carbocycles. The van der Waals surface area contributed by atoms with Gasteiger partial charge in [-0.25, -0.2) is 12.4 Å². The molecule has 0 amide bonds. The van der Waals surface area contributed by atoms with Crippen molar-refractivity contribution in [2.24, 2.45) is 0 Å². The van der Waals surface area contributed by atoms with E-state index in [1.807, 2.05) is 0 Å². The first-order chi connectivity index (χ1) is 11.9. The second-order valence-corrected chi connectivity index (χ2v) is 6.75. The third kappa shape index (κ3) is 4.10. The average molecular weight is 360 g/mol. The molecule has 6 heteroatoms. The van der Waals surface area contributed by atoms with Gasteiger partial charge in [0.1, 0.15) is 11.4 Å². The van der Waals surface area contributed by atoms with Crippen molar-refractivity contribution < 1.29 is 13.2 Å². The summed E-state index contributed by atoms with van der Waals surface area (Å²) >= 11 is 0. The molecule has 0 aromatic carbocycles. The zero-order valence-electron chi connectivity index (χ0n) is 14.7. The molecule has 0 unspecified atom stereocenters. The van der Waals surface area contributed by atoms with E-state index in [4.69, 9.17) is 4.74 Å². The van der Waals surface area contributed by atoms with Gasteiger partial charge in [0.05, 0.1) is 12.0 Å². The van der Waals surface area contributed by atoms with Crippen molar-refractivity contribution in [3.63, 3.8) is 0 Å². The van der Waals surface area contributed by atoms with Crippen molar-refractivity contribution in [3.05, 3.63) is 85.1 Å². The van der Waals surface area contributed by atoms with Crippen LogP contribution in [0.25, 0.3) is 5.57 Å². The predicted molar refractivity (Wildman–Crippen MR) is 105 cm³/mol. The Balaban J connectivity index is 3.92. The van der Waals surface area contributed by atoms with E-state index in [1.54, 1.807) is 25.3 Å². The van der Waals surface area contributed by atoms with Gasteiger partial charge in [0.15, 0.2) is 0 Å². The van der Waals surface area contributed by atoms with Gasteiger partial charge in [-0.3, -0.25) is 0 Å². The van der Waals surface area contributed by atoms with Crippen LogP contribution in [0.1, 0.15) is 11.3 Å². The Hall–Kier alpha value is -2.57. The van der Waals surface area contributed by atoms with Gasteiger partial charge in [-0.15, -0.1) is 0 Å². The minimum absolute atomic E-state index is 0.0272. The fourth-order valence-electron chi connectivity index (χ4n) is 2.37. The summed E-state index contributed by atoms with van der Waals surface area (Å²) in [7, 11) is -0.622. The van der Waals surface area contributed by atoms with Crippen LogP contribution in [0.4, 0.5) is 0 Å². The number of aromatic nitrogens is 1. The largest absolute Gasteiger partial charge is 0.494 e. The maximum absolute atomic E-state index is 13.1. The highest BCUT2D eigenvalue weighted by Crippen LogP contribution is 2.35. The normalized spacial score (nSPS) is 12.6. The third-order valence-corrected chi connectivity index (χ3v) is 5.11. The molecule has 0 aliphatic rings. The number of methoxy groups -OCH3 is 1. The number of hydrogen-bond donors (Lipinski definition) is 1. The van der Waals surface area contributed by atoms with E-state index in [0.29, 0.717) is 29.1 Å². The predicted octanol–water partition coefficient (Wildman–Crippen LogP) is 3.41. The van der Waals surface area contributed by atoms with Crippen molar-refractivity contribution in [3.8, 4) is 5.75 Å². The van der Waals surface area contributed by atoms with Crippen molar-refractivity contribution in [2.75, 3.05) is 14.2 Å². The van der Waals surface area contributed by atoms with E-state index in [1.165, 1.54) is 35.5 Å². The monoisotopic (exact) mass is 360 g/mol. The van der Waals surface area contributed by atoms with E-state index in [0.717, 1.165) is 0 Å². The topological polar surface area (TPSA) is 60.3 Å². The molecular formula is C19H24N2O3S. The minimum Gasteiger partial charge on any atom is -0.494 e. The van der Waals surface area contributed by atoms with Gasteiger partial charge in [0.2, 0.25) is 0 Å². The van der Waals surface area contributed by atoms with Crippen LogP contribution >= 0.6 is 0 Å². The molecule has 1 aromatic heterocycles. The molecule has 1 heterocycles. The van der Waals surface area contributed by atoms with Crippen LogP contribution in [-0.4, -0.2) is 26.5 Å². The lowest BCUT2D eigenvalue weighted by atomic mass is 10.1. The summed E-state index contributed by atoms with van der Waals surface area (Å²) in [6, 6.07) is 0. The number of ether oxygens (including phenoxy) is 1. The molecule has 1 N–H and O–H groups in total. The number of nitrogens with zero attached hydrogens (tertiary/aromatic N) is 1. The fraction of sp³-hybridized carbons (Fsp3) is 0.158. The summed E-state index contributed by atoms with van der Waals surface area (Å²) in [5.74, 6) is 0.452. The molecule has 1 aromatic rings. The molecule has 0 saturated carbocycles. The Morgan fingerprint density at radius 3 is 2.28 bits per heavy atom. The fourth-order valence-corrected chi connectivity index (χ4v) is 3.77. The lowest BCUT2D eigenvalue weighted by Gasteiger charge is -2.13. The molecule has 0 radical (unpaired) electrons. The molecule has 5 nitrogen and oxygen atoms in total. The maximum Gasteiger partial charge on any atom is 0.268 e. The maximum atomic E-state index is 13.1. The molecule has 0 fully saturated rings. The Kier molecular flexibility index (Phi) is 7.42. The van der Waals surface area contributed by atoms with E-state index in [9.17, 15) is 8.42 Å². The number of nitrogens with one attached hydrogen (secondary N) is 1. The molecule has 25 heavy (non-hydrogen) atoms. The van der Waals surface area contributed by atoms with E-state index >= 15 is 0 Å². The summed E-state index contributed by atoms with van der Waals surface area (Å²) in [5.41, 5.74) is 1.64. The molecule has 0 aliphatic heterocycles. The molecule has 134 valence electrons. The molecule has 0 saturated heterocycles. The highest BCUT2D eigenvalue weighted by Gasteiger charge is 2.27. The highest BCUT2D eigenvalue weighted by atomic mass is 32.2. The summed E-state index contributed by atoms with van der Waals surface area (Å²) in [6.45, 7) is 15.0. The van der Waals surface area contributed by atoms with Crippen LogP contribution in [-0.2, 0) is 16.6 Å². The molecule has 0 spiro atoms. The van der Waals surface area contributed by atoms with Crippen LogP contribution < -0.4 is 10.1 Å². The first kappa shape index (κ1) is 20.5.